The molecule has 4 heteroatoms. The van der Waals surface area contributed by atoms with E-state index in [1.165, 1.54) is 38.5 Å². The first-order chi connectivity index (χ1) is 8.75. The summed E-state index contributed by atoms with van der Waals surface area (Å²) in [5, 5.41) is 4.05. The minimum absolute atomic E-state index is 0.324. The fourth-order valence-corrected chi connectivity index (χ4v) is 4.11. The van der Waals surface area contributed by atoms with Gasteiger partial charge in [0.25, 0.3) is 0 Å². The average molecular weight is 270 g/mol. The summed E-state index contributed by atoms with van der Waals surface area (Å²) in [6, 6.07) is 0. The van der Waals surface area contributed by atoms with Crippen LogP contribution in [0.4, 0.5) is 0 Å². The number of carbonyl (C=O) groups is 1. The Morgan fingerprint density at radius 2 is 1.89 bits per heavy atom. The van der Waals surface area contributed by atoms with Crippen molar-refractivity contribution in [2.24, 2.45) is 5.92 Å². The summed E-state index contributed by atoms with van der Waals surface area (Å²) in [6.45, 7) is 3.21. The van der Waals surface area contributed by atoms with Gasteiger partial charge in [-0.15, -0.1) is 11.8 Å². The third-order valence-electron chi connectivity index (χ3n) is 4.16. The molecule has 18 heavy (non-hydrogen) atoms. The fraction of sp³-hybridized carbons (Fsp3) is 0.929. The molecule has 0 radical (unpaired) electrons. The van der Waals surface area contributed by atoms with E-state index in [0.29, 0.717) is 16.9 Å². The van der Waals surface area contributed by atoms with Gasteiger partial charge < -0.3 is 10.2 Å². The maximum atomic E-state index is 12.1. The Morgan fingerprint density at radius 1 is 1.22 bits per heavy atom. The summed E-state index contributed by atoms with van der Waals surface area (Å²) in [5.41, 5.74) is 0. The van der Waals surface area contributed by atoms with Crippen molar-refractivity contribution in [2.75, 3.05) is 32.4 Å². The van der Waals surface area contributed by atoms with Gasteiger partial charge >= 0.3 is 0 Å². The van der Waals surface area contributed by atoms with E-state index in [-0.39, 0.29) is 0 Å². The van der Waals surface area contributed by atoms with Crippen molar-refractivity contribution in [1.82, 2.24) is 10.2 Å². The van der Waals surface area contributed by atoms with Gasteiger partial charge in [0.15, 0.2) is 0 Å². The van der Waals surface area contributed by atoms with E-state index in [0.717, 1.165) is 25.6 Å². The van der Waals surface area contributed by atoms with Crippen LogP contribution in [-0.4, -0.2) is 48.5 Å². The lowest BCUT2D eigenvalue weighted by Crippen LogP contribution is -2.34. The molecule has 2 fully saturated rings. The SMILES string of the molecule is CN(CC1CCCC1)C(=O)CSC1CCNCC1. The second-order valence-electron chi connectivity index (χ2n) is 5.69. The zero-order valence-electron chi connectivity index (χ0n) is 11.5. The zero-order valence-corrected chi connectivity index (χ0v) is 12.3. The molecular weight excluding hydrogens is 244 g/mol. The lowest BCUT2D eigenvalue weighted by molar-refractivity contribution is -0.127. The van der Waals surface area contributed by atoms with Gasteiger partial charge in [-0.25, -0.2) is 0 Å². The van der Waals surface area contributed by atoms with Crippen LogP contribution in [-0.2, 0) is 4.79 Å². The van der Waals surface area contributed by atoms with Crippen LogP contribution in [0, 0.1) is 5.92 Å². The van der Waals surface area contributed by atoms with E-state index >= 15 is 0 Å². The standard InChI is InChI=1S/C14H26N2OS/c1-16(10-12-4-2-3-5-12)14(17)11-18-13-6-8-15-9-7-13/h12-13,15H,2-11H2,1H3. The number of hydrogen-bond acceptors (Lipinski definition) is 3. The van der Waals surface area contributed by atoms with Crippen molar-refractivity contribution >= 4 is 17.7 Å². The molecule has 3 nitrogen and oxygen atoms in total. The van der Waals surface area contributed by atoms with Crippen molar-refractivity contribution in [3.05, 3.63) is 0 Å². The molecule has 1 saturated carbocycles. The molecule has 1 amide bonds. The van der Waals surface area contributed by atoms with Gasteiger partial charge in [-0.05, 0) is 44.7 Å². The summed E-state index contributed by atoms with van der Waals surface area (Å²) in [5.74, 6) is 1.77. The van der Waals surface area contributed by atoms with Crippen LogP contribution >= 0.6 is 11.8 Å². The second kappa shape index (κ2) is 7.39. The predicted octanol–water partition coefficient (Wildman–Crippen LogP) is 2.12. The van der Waals surface area contributed by atoms with Crippen molar-refractivity contribution < 1.29 is 4.79 Å². The highest BCUT2D eigenvalue weighted by atomic mass is 32.2. The van der Waals surface area contributed by atoms with E-state index < -0.39 is 0 Å². The normalized spacial score (nSPS) is 22.3. The topological polar surface area (TPSA) is 32.3 Å². The molecule has 2 rings (SSSR count). The molecule has 0 aromatic rings. The Bertz CT molecular complexity index is 261. The van der Waals surface area contributed by atoms with E-state index in [1.807, 2.05) is 23.7 Å². The highest BCUT2D eigenvalue weighted by molar-refractivity contribution is 8.00. The first-order valence-corrected chi connectivity index (χ1v) is 8.37. The number of amides is 1. The molecule has 104 valence electrons. The number of carbonyl (C=O) groups excluding carboxylic acids is 1. The summed E-state index contributed by atoms with van der Waals surface area (Å²) in [7, 11) is 1.98. The van der Waals surface area contributed by atoms with Gasteiger partial charge in [0.2, 0.25) is 5.91 Å². The Kier molecular flexibility index (Phi) is 5.83. The van der Waals surface area contributed by atoms with Crippen LogP contribution in [0.2, 0.25) is 0 Å². The van der Waals surface area contributed by atoms with Crippen LogP contribution in [0.25, 0.3) is 0 Å². The fourth-order valence-electron chi connectivity index (χ4n) is 2.94. The zero-order chi connectivity index (χ0) is 12.8. The van der Waals surface area contributed by atoms with Gasteiger partial charge in [0, 0.05) is 18.8 Å². The quantitative estimate of drug-likeness (QED) is 0.830. The first kappa shape index (κ1) is 14.2. The Labute approximate surface area is 115 Å². The number of nitrogens with zero attached hydrogens (tertiary/aromatic N) is 1. The molecule has 1 aliphatic heterocycles. The maximum Gasteiger partial charge on any atom is 0.232 e. The third-order valence-corrected chi connectivity index (χ3v) is 5.52. The molecule has 1 saturated heterocycles. The van der Waals surface area contributed by atoms with Crippen molar-refractivity contribution in [3.8, 4) is 0 Å². The molecule has 0 spiro atoms. The number of piperidine rings is 1. The molecular formula is C14H26N2OS. The molecule has 0 atom stereocenters. The van der Waals surface area contributed by atoms with Crippen molar-refractivity contribution in [3.63, 3.8) is 0 Å². The Morgan fingerprint density at radius 3 is 2.56 bits per heavy atom. The monoisotopic (exact) mass is 270 g/mol. The maximum absolute atomic E-state index is 12.1. The smallest absolute Gasteiger partial charge is 0.232 e. The predicted molar refractivity (Wildman–Crippen MR) is 77.9 cm³/mol. The summed E-state index contributed by atoms with van der Waals surface area (Å²) in [6.07, 6.45) is 7.78. The molecule has 1 heterocycles. The van der Waals surface area contributed by atoms with Crippen LogP contribution in [0.15, 0.2) is 0 Å². The number of rotatable bonds is 5. The Hall–Kier alpha value is -0.220. The van der Waals surface area contributed by atoms with Gasteiger partial charge in [0.05, 0.1) is 5.75 Å². The largest absolute Gasteiger partial charge is 0.345 e. The van der Waals surface area contributed by atoms with E-state index in [4.69, 9.17) is 0 Å². The summed E-state index contributed by atoms with van der Waals surface area (Å²) < 4.78 is 0. The van der Waals surface area contributed by atoms with E-state index in [2.05, 4.69) is 5.32 Å². The highest BCUT2D eigenvalue weighted by Gasteiger charge is 2.20. The Balaban J connectivity index is 1.63. The van der Waals surface area contributed by atoms with Gasteiger partial charge in [-0.3, -0.25) is 4.79 Å². The first-order valence-electron chi connectivity index (χ1n) is 7.32. The van der Waals surface area contributed by atoms with E-state index in [1.54, 1.807) is 0 Å². The minimum atomic E-state index is 0.324. The number of nitrogens with one attached hydrogen (secondary N) is 1. The average Bonchev–Trinajstić information content (AvgIpc) is 2.90. The highest BCUT2D eigenvalue weighted by Crippen LogP contribution is 2.26. The van der Waals surface area contributed by atoms with Gasteiger partial charge in [-0.2, -0.15) is 0 Å². The van der Waals surface area contributed by atoms with Crippen LogP contribution < -0.4 is 5.32 Å². The molecule has 0 bridgehead atoms. The van der Waals surface area contributed by atoms with Gasteiger partial charge in [0.1, 0.15) is 0 Å². The minimum Gasteiger partial charge on any atom is -0.345 e. The van der Waals surface area contributed by atoms with Crippen LogP contribution in [0.5, 0.6) is 0 Å². The third kappa shape index (κ3) is 4.47. The van der Waals surface area contributed by atoms with E-state index in [9.17, 15) is 4.79 Å². The molecule has 0 unspecified atom stereocenters. The number of thioether (sulfide) groups is 1. The van der Waals surface area contributed by atoms with Crippen LogP contribution in [0.3, 0.4) is 0 Å². The van der Waals surface area contributed by atoms with Gasteiger partial charge in [-0.1, -0.05) is 12.8 Å². The summed E-state index contributed by atoms with van der Waals surface area (Å²) in [4.78, 5) is 14.0. The summed E-state index contributed by atoms with van der Waals surface area (Å²) >= 11 is 1.86. The van der Waals surface area contributed by atoms with Crippen molar-refractivity contribution in [1.29, 1.82) is 0 Å². The molecule has 1 aliphatic carbocycles. The lowest BCUT2D eigenvalue weighted by Gasteiger charge is -2.24. The van der Waals surface area contributed by atoms with Crippen molar-refractivity contribution in [2.45, 2.75) is 43.8 Å². The lowest BCUT2D eigenvalue weighted by atomic mass is 10.1. The molecule has 2 aliphatic rings. The number of hydrogen-bond donors (Lipinski definition) is 1. The second-order valence-corrected chi connectivity index (χ2v) is 6.97. The molecule has 0 aromatic carbocycles. The van der Waals surface area contributed by atoms with Crippen LogP contribution in [0.1, 0.15) is 38.5 Å². The molecule has 0 aromatic heterocycles. The molecule has 1 N–H and O–H groups in total.